The van der Waals surface area contributed by atoms with Crippen LogP contribution in [0.1, 0.15) is 39.5 Å². The number of rotatable bonds is 5. The second kappa shape index (κ2) is 6.81. The van der Waals surface area contributed by atoms with Crippen LogP contribution >= 0.6 is 0 Å². The molecule has 0 bridgehead atoms. The summed E-state index contributed by atoms with van der Waals surface area (Å²) in [5.74, 6) is 0. The van der Waals surface area contributed by atoms with Crippen LogP contribution in [0, 0.1) is 0 Å². The summed E-state index contributed by atoms with van der Waals surface area (Å²) in [6.07, 6.45) is 6.75. The van der Waals surface area contributed by atoms with Crippen molar-refractivity contribution in [3.8, 4) is 0 Å². The average molecular weight is 142 g/mol. The Morgan fingerprint density at radius 2 is 2.20 bits per heavy atom. The minimum atomic E-state index is 0.286. The molecule has 0 aliphatic heterocycles. The van der Waals surface area contributed by atoms with E-state index in [1.54, 1.807) is 0 Å². The zero-order chi connectivity index (χ0) is 7.82. The number of hydrogen-bond donors (Lipinski definition) is 1. The number of aliphatic hydroxyl groups excluding tert-OH is 1. The summed E-state index contributed by atoms with van der Waals surface area (Å²) in [6, 6.07) is 0. The molecule has 0 aliphatic carbocycles. The van der Waals surface area contributed by atoms with Gasteiger partial charge in [0.25, 0.3) is 0 Å². The van der Waals surface area contributed by atoms with Crippen LogP contribution in [-0.2, 0) is 0 Å². The number of aliphatic hydroxyl groups is 1. The van der Waals surface area contributed by atoms with Gasteiger partial charge in [0.1, 0.15) is 0 Å². The Bertz CT molecular complexity index is 94.9. The Labute approximate surface area is 63.8 Å². The Morgan fingerprint density at radius 3 is 2.70 bits per heavy atom. The number of unbranched alkanes of at least 4 members (excludes halogenated alkanes) is 2. The molecule has 0 radical (unpaired) electrons. The second-order valence-electron chi connectivity index (χ2n) is 2.67. The van der Waals surface area contributed by atoms with Gasteiger partial charge in [0.05, 0.1) is 0 Å². The van der Waals surface area contributed by atoms with Gasteiger partial charge in [-0.25, -0.2) is 0 Å². The molecular weight excluding hydrogens is 124 g/mol. The molecule has 10 heavy (non-hydrogen) atoms. The summed E-state index contributed by atoms with van der Waals surface area (Å²) >= 11 is 0. The molecular formula is C9H18O. The minimum Gasteiger partial charge on any atom is -0.396 e. The lowest BCUT2D eigenvalue weighted by atomic mass is 10.1. The van der Waals surface area contributed by atoms with Gasteiger partial charge >= 0.3 is 0 Å². The summed E-state index contributed by atoms with van der Waals surface area (Å²) in [4.78, 5) is 0. The lowest BCUT2D eigenvalue weighted by Crippen LogP contribution is -1.83. The SMILES string of the molecule is CCCC/C=C(\C)CCO. The van der Waals surface area contributed by atoms with Gasteiger partial charge in [0, 0.05) is 6.61 Å². The lowest BCUT2D eigenvalue weighted by Gasteiger charge is -1.95. The Hall–Kier alpha value is -0.300. The monoisotopic (exact) mass is 142 g/mol. The molecule has 0 saturated heterocycles. The highest BCUT2D eigenvalue weighted by Crippen LogP contribution is 2.03. The van der Waals surface area contributed by atoms with E-state index in [9.17, 15) is 0 Å². The van der Waals surface area contributed by atoms with Crippen molar-refractivity contribution in [1.29, 1.82) is 0 Å². The summed E-state index contributed by atoms with van der Waals surface area (Å²) in [6.45, 7) is 4.55. The van der Waals surface area contributed by atoms with Crippen LogP contribution in [0.15, 0.2) is 11.6 Å². The van der Waals surface area contributed by atoms with Crippen LogP contribution in [0.2, 0.25) is 0 Å². The van der Waals surface area contributed by atoms with Crippen LogP contribution in [0.4, 0.5) is 0 Å². The zero-order valence-electron chi connectivity index (χ0n) is 7.06. The van der Waals surface area contributed by atoms with Gasteiger partial charge < -0.3 is 5.11 Å². The van der Waals surface area contributed by atoms with Crippen molar-refractivity contribution < 1.29 is 5.11 Å². The first-order chi connectivity index (χ1) is 4.81. The van der Waals surface area contributed by atoms with Crippen LogP contribution in [-0.4, -0.2) is 11.7 Å². The van der Waals surface area contributed by atoms with Crippen LogP contribution < -0.4 is 0 Å². The highest BCUT2D eigenvalue weighted by Gasteiger charge is 1.86. The maximum atomic E-state index is 8.55. The molecule has 0 rings (SSSR count). The molecule has 0 atom stereocenters. The van der Waals surface area contributed by atoms with E-state index in [-0.39, 0.29) is 6.61 Å². The number of allylic oxidation sites excluding steroid dienone is 1. The highest BCUT2D eigenvalue weighted by atomic mass is 16.2. The van der Waals surface area contributed by atoms with E-state index >= 15 is 0 Å². The zero-order valence-corrected chi connectivity index (χ0v) is 7.06. The van der Waals surface area contributed by atoms with Gasteiger partial charge in [-0.2, -0.15) is 0 Å². The van der Waals surface area contributed by atoms with Gasteiger partial charge in [-0.15, -0.1) is 0 Å². The van der Waals surface area contributed by atoms with E-state index in [4.69, 9.17) is 5.11 Å². The largest absolute Gasteiger partial charge is 0.396 e. The third-order valence-corrected chi connectivity index (χ3v) is 1.56. The van der Waals surface area contributed by atoms with E-state index in [1.165, 1.54) is 24.8 Å². The van der Waals surface area contributed by atoms with Gasteiger partial charge in [-0.1, -0.05) is 31.4 Å². The first-order valence-electron chi connectivity index (χ1n) is 4.07. The van der Waals surface area contributed by atoms with Gasteiger partial charge in [-0.3, -0.25) is 0 Å². The lowest BCUT2D eigenvalue weighted by molar-refractivity contribution is 0.299. The van der Waals surface area contributed by atoms with E-state index < -0.39 is 0 Å². The van der Waals surface area contributed by atoms with Crippen LogP contribution in [0.5, 0.6) is 0 Å². The fourth-order valence-corrected chi connectivity index (χ4v) is 0.831. The average Bonchev–Trinajstić information content (AvgIpc) is 1.89. The Balaban J connectivity index is 3.28. The molecule has 60 valence electrons. The molecule has 1 nitrogen and oxygen atoms in total. The van der Waals surface area contributed by atoms with E-state index in [1.807, 2.05) is 0 Å². The van der Waals surface area contributed by atoms with Crippen molar-refractivity contribution in [3.63, 3.8) is 0 Å². The molecule has 1 N–H and O–H groups in total. The summed E-state index contributed by atoms with van der Waals surface area (Å²) in [5, 5.41) is 8.55. The quantitative estimate of drug-likeness (QED) is 0.462. The standard InChI is InChI=1S/C9H18O/c1-3-4-5-6-9(2)7-8-10/h6,10H,3-5,7-8H2,1-2H3/b9-6+. The van der Waals surface area contributed by atoms with Crippen LogP contribution in [0.3, 0.4) is 0 Å². The maximum Gasteiger partial charge on any atom is 0.0468 e. The molecule has 0 aromatic rings. The van der Waals surface area contributed by atoms with E-state index in [0.29, 0.717) is 0 Å². The van der Waals surface area contributed by atoms with Crippen molar-refractivity contribution in [2.24, 2.45) is 0 Å². The van der Waals surface area contributed by atoms with Crippen molar-refractivity contribution in [3.05, 3.63) is 11.6 Å². The van der Waals surface area contributed by atoms with Crippen molar-refractivity contribution in [2.45, 2.75) is 39.5 Å². The van der Waals surface area contributed by atoms with E-state index in [0.717, 1.165) is 6.42 Å². The normalized spacial score (nSPS) is 12.1. The molecule has 0 unspecified atom stereocenters. The van der Waals surface area contributed by atoms with Crippen molar-refractivity contribution in [2.75, 3.05) is 6.61 Å². The molecule has 0 heterocycles. The molecule has 0 aromatic heterocycles. The third-order valence-electron chi connectivity index (χ3n) is 1.56. The predicted octanol–water partition coefficient (Wildman–Crippen LogP) is 2.51. The molecule has 0 fully saturated rings. The Kier molecular flexibility index (Phi) is 6.61. The Morgan fingerprint density at radius 1 is 1.50 bits per heavy atom. The fourth-order valence-electron chi connectivity index (χ4n) is 0.831. The maximum absolute atomic E-state index is 8.55. The van der Waals surface area contributed by atoms with Crippen LogP contribution in [0.25, 0.3) is 0 Å². The number of hydrogen-bond acceptors (Lipinski definition) is 1. The minimum absolute atomic E-state index is 0.286. The molecule has 0 spiro atoms. The van der Waals surface area contributed by atoms with Crippen molar-refractivity contribution >= 4 is 0 Å². The first-order valence-corrected chi connectivity index (χ1v) is 4.07. The summed E-state index contributed by atoms with van der Waals surface area (Å²) < 4.78 is 0. The fraction of sp³-hybridized carbons (Fsp3) is 0.778. The molecule has 0 aromatic carbocycles. The molecule has 0 amide bonds. The van der Waals surface area contributed by atoms with Gasteiger partial charge in [0.2, 0.25) is 0 Å². The molecule has 0 aliphatic rings. The first kappa shape index (κ1) is 9.70. The highest BCUT2D eigenvalue weighted by molar-refractivity contribution is 4.97. The smallest absolute Gasteiger partial charge is 0.0468 e. The predicted molar refractivity (Wildman–Crippen MR) is 45.0 cm³/mol. The second-order valence-corrected chi connectivity index (χ2v) is 2.67. The molecule has 0 saturated carbocycles. The summed E-state index contributed by atoms with van der Waals surface area (Å²) in [5.41, 5.74) is 1.32. The van der Waals surface area contributed by atoms with Gasteiger partial charge in [-0.05, 0) is 19.8 Å². The van der Waals surface area contributed by atoms with Gasteiger partial charge in [0.15, 0.2) is 0 Å². The molecule has 1 heteroatoms. The topological polar surface area (TPSA) is 20.2 Å². The van der Waals surface area contributed by atoms with Crippen molar-refractivity contribution in [1.82, 2.24) is 0 Å². The van der Waals surface area contributed by atoms with E-state index in [2.05, 4.69) is 19.9 Å². The third kappa shape index (κ3) is 5.83. The summed E-state index contributed by atoms with van der Waals surface area (Å²) in [7, 11) is 0.